The number of amides is 1. The van der Waals surface area contributed by atoms with E-state index in [0.717, 1.165) is 10.3 Å². The summed E-state index contributed by atoms with van der Waals surface area (Å²) in [6.07, 6.45) is 1.55. The molecule has 3 rings (SSSR count). The minimum atomic E-state index is -4.53. The fourth-order valence-corrected chi connectivity index (χ4v) is 3.45. The molecule has 1 atom stereocenters. The number of hydrogen-bond acceptors (Lipinski definition) is 5. The number of alkyl halides is 3. The predicted octanol–water partition coefficient (Wildman–Crippen LogP) is 3.51. The zero-order valence-electron chi connectivity index (χ0n) is 16.7. The molecule has 3 heterocycles. The summed E-state index contributed by atoms with van der Waals surface area (Å²) in [5.74, 6) is -0.726. The number of hydrogen-bond donors (Lipinski definition) is 2. The van der Waals surface area contributed by atoms with E-state index in [1.54, 1.807) is 38.4 Å². The molecule has 0 bridgehead atoms. The van der Waals surface area contributed by atoms with Crippen LogP contribution in [0.15, 0.2) is 36.9 Å². The van der Waals surface area contributed by atoms with Gasteiger partial charge in [0.15, 0.2) is 0 Å². The molecule has 1 amide bonds. The van der Waals surface area contributed by atoms with Crippen molar-refractivity contribution in [2.24, 2.45) is 11.7 Å². The number of rotatable bonds is 7. The maximum Gasteiger partial charge on any atom is 0.405 e. The molecule has 0 saturated carbocycles. The van der Waals surface area contributed by atoms with E-state index in [1.165, 1.54) is 19.5 Å². The Kier molecular flexibility index (Phi) is 5.86. The number of H-pyrrole nitrogens is 1. The summed E-state index contributed by atoms with van der Waals surface area (Å²) in [7, 11) is 1.52. The lowest BCUT2D eigenvalue weighted by Gasteiger charge is -2.34. The molecule has 7 nitrogen and oxygen atoms in total. The van der Waals surface area contributed by atoms with Gasteiger partial charge < -0.3 is 20.4 Å². The maximum absolute atomic E-state index is 13.3. The van der Waals surface area contributed by atoms with Crippen molar-refractivity contribution in [3.8, 4) is 16.9 Å². The number of fused-ring (bicyclic) bond motifs is 1. The van der Waals surface area contributed by atoms with Crippen LogP contribution in [0.5, 0.6) is 5.75 Å². The van der Waals surface area contributed by atoms with Gasteiger partial charge in [0, 0.05) is 28.9 Å². The fraction of sp³-hybridized carbons (Fsp3) is 0.350. The van der Waals surface area contributed by atoms with E-state index in [2.05, 4.69) is 15.0 Å². The lowest BCUT2D eigenvalue weighted by Crippen LogP contribution is -2.51. The average molecular weight is 421 g/mol. The molecule has 0 fully saturated rings. The highest BCUT2D eigenvalue weighted by molar-refractivity contribution is 5.94. The summed E-state index contributed by atoms with van der Waals surface area (Å²) >= 11 is 0. The summed E-state index contributed by atoms with van der Waals surface area (Å²) in [5, 5.41) is 0.728. The number of pyridine rings is 2. The van der Waals surface area contributed by atoms with Crippen LogP contribution in [0, 0.1) is 5.92 Å². The number of methoxy groups -OCH3 is 1. The fourth-order valence-electron chi connectivity index (χ4n) is 3.45. The monoisotopic (exact) mass is 421 g/mol. The van der Waals surface area contributed by atoms with Gasteiger partial charge >= 0.3 is 6.18 Å². The van der Waals surface area contributed by atoms with Gasteiger partial charge in [0.25, 0.3) is 0 Å². The average Bonchev–Trinajstić information content (AvgIpc) is 3.09. The molecular formula is C20H22F3N5O2. The molecule has 0 aromatic carbocycles. The highest BCUT2D eigenvalue weighted by atomic mass is 19.4. The van der Waals surface area contributed by atoms with Crippen molar-refractivity contribution >= 4 is 22.6 Å². The van der Waals surface area contributed by atoms with Gasteiger partial charge in [-0.15, -0.1) is 0 Å². The van der Waals surface area contributed by atoms with Crippen LogP contribution in [0.25, 0.3) is 22.2 Å². The number of ether oxygens (including phenoxy) is 1. The van der Waals surface area contributed by atoms with Crippen LogP contribution >= 0.6 is 0 Å². The van der Waals surface area contributed by atoms with Crippen LogP contribution in [-0.2, 0) is 4.79 Å². The molecule has 0 saturated heterocycles. The van der Waals surface area contributed by atoms with Crippen LogP contribution in [0.2, 0.25) is 0 Å². The zero-order valence-corrected chi connectivity index (χ0v) is 16.7. The van der Waals surface area contributed by atoms with Crippen molar-refractivity contribution in [2.75, 3.05) is 18.6 Å². The molecule has 0 aliphatic heterocycles. The number of aromatic nitrogens is 3. The number of aromatic amines is 1. The summed E-state index contributed by atoms with van der Waals surface area (Å²) < 4.78 is 45.1. The van der Waals surface area contributed by atoms with Crippen molar-refractivity contribution in [3.63, 3.8) is 0 Å². The molecule has 30 heavy (non-hydrogen) atoms. The molecule has 0 aliphatic rings. The van der Waals surface area contributed by atoms with Crippen LogP contribution < -0.4 is 15.4 Å². The zero-order chi connectivity index (χ0) is 22.1. The summed E-state index contributed by atoms with van der Waals surface area (Å²) in [4.78, 5) is 24.3. The Morgan fingerprint density at radius 1 is 1.27 bits per heavy atom. The summed E-state index contributed by atoms with van der Waals surface area (Å²) in [6.45, 7) is 1.97. The molecule has 160 valence electrons. The number of nitrogens with one attached hydrogen (secondary N) is 1. The number of anilines is 1. The molecule has 0 spiro atoms. The first-order valence-corrected chi connectivity index (χ1v) is 9.20. The minimum Gasteiger partial charge on any atom is -0.495 e. The van der Waals surface area contributed by atoms with Crippen molar-refractivity contribution < 1.29 is 22.7 Å². The van der Waals surface area contributed by atoms with E-state index in [0.29, 0.717) is 22.5 Å². The number of carbonyl (C=O) groups is 1. The first kappa shape index (κ1) is 21.4. The van der Waals surface area contributed by atoms with Gasteiger partial charge in [-0.05, 0) is 18.1 Å². The highest BCUT2D eigenvalue weighted by Gasteiger charge is 2.37. The van der Waals surface area contributed by atoms with Gasteiger partial charge in [-0.2, -0.15) is 13.2 Å². The third-order valence-electron chi connectivity index (χ3n) is 4.72. The van der Waals surface area contributed by atoms with E-state index >= 15 is 0 Å². The normalized spacial score (nSPS) is 12.9. The summed E-state index contributed by atoms with van der Waals surface area (Å²) in [6, 6.07) is 2.18. The second-order valence-electron chi connectivity index (χ2n) is 7.24. The van der Waals surface area contributed by atoms with Crippen LogP contribution in [0.4, 0.5) is 18.9 Å². The van der Waals surface area contributed by atoms with Gasteiger partial charge in [-0.25, -0.2) is 4.98 Å². The number of nitrogens with zero attached hydrogens (tertiary/aromatic N) is 3. The second-order valence-corrected chi connectivity index (χ2v) is 7.24. The smallest absolute Gasteiger partial charge is 0.405 e. The van der Waals surface area contributed by atoms with E-state index < -0.39 is 30.6 Å². The lowest BCUT2D eigenvalue weighted by atomic mass is 10.0. The van der Waals surface area contributed by atoms with Crippen molar-refractivity contribution in [1.82, 2.24) is 15.0 Å². The Morgan fingerprint density at radius 3 is 2.60 bits per heavy atom. The maximum atomic E-state index is 13.3. The van der Waals surface area contributed by atoms with E-state index in [-0.39, 0.29) is 5.69 Å². The molecular weight excluding hydrogens is 399 g/mol. The molecule has 3 N–H and O–H groups in total. The molecule has 10 heteroatoms. The van der Waals surface area contributed by atoms with Gasteiger partial charge in [-0.3, -0.25) is 9.78 Å². The highest BCUT2D eigenvalue weighted by Crippen LogP contribution is 2.33. The third kappa shape index (κ3) is 4.47. The van der Waals surface area contributed by atoms with E-state index in [1.807, 2.05) is 0 Å². The van der Waals surface area contributed by atoms with Gasteiger partial charge in [-0.1, -0.05) is 13.8 Å². The lowest BCUT2D eigenvalue weighted by molar-refractivity contribution is -0.126. The van der Waals surface area contributed by atoms with Crippen molar-refractivity contribution in [1.29, 1.82) is 0 Å². The van der Waals surface area contributed by atoms with Gasteiger partial charge in [0.2, 0.25) is 5.91 Å². The standard InChI is InChI=1S/C20H22F3N5O2/c1-11(2)17(18(24)29)28(10-20(21,22)23)13-4-12(6-25-7-13)16-9-27-19-15(16)5-14(30-3)8-26-19/h4-9,11,17H,10H2,1-3H3,(H2,24,29)(H,26,27)/t17-/m0/s1. The van der Waals surface area contributed by atoms with Crippen LogP contribution in [0.3, 0.4) is 0 Å². The Morgan fingerprint density at radius 2 is 2.00 bits per heavy atom. The molecule has 0 aliphatic carbocycles. The topological polar surface area (TPSA) is 97.1 Å². The third-order valence-corrected chi connectivity index (χ3v) is 4.72. The first-order chi connectivity index (χ1) is 14.1. The molecule has 0 radical (unpaired) electrons. The molecule has 3 aromatic rings. The number of primary amides is 1. The Balaban J connectivity index is 2.10. The first-order valence-electron chi connectivity index (χ1n) is 9.20. The van der Waals surface area contributed by atoms with Crippen LogP contribution in [0.1, 0.15) is 13.8 Å². The van der Waals surface area contributed by atoms with E-state index in [9.17, 15) is 18.0 Å². The minimum absolute atomic E-state index is 0.146. The Labute approximate surface area is 171 Å². The van der Waals surface area contributed by atoms with Gasteiger partial charge in [0.05, 0.1) is 25.2 Å². The largest absolute Gasteiger partial charge is 0.495 e. The number of carbonyl (C=O) groups excluding carboxylic acids is 1. The van der Waals surface area contributed by atoms with Crippen molar-refractivity contribution in [2.45, 2.75) is 26.1 Å². The van der Waals surface area contributed by atoms with Crippen molar-refractivity contribution in [3.05, 3.63) is 36.9 Å². The second kappa shape index (κ2) is 8.21. The summed E-state index contributed by atoms with van der Waals surface area (Å²) in [5.41, 5.74) is 7.44. The Bertz CT molecular complexity index is 1050. The predicted molar refractivity (Wildman–Crippen MR) is 107 cm³/mol. The molecule has 0 unspecified atom stereocenters. The quantitative estimate of drug-likeness (QED) is 0.609. The van der Waals surface area contributed by atoms with Crippen LogP contribution in [-0.4, -0.2) is 46.7 Å². The SMILES string of the molecule is COc1cnc2[nH]cc(-c3cncc(N(CC(F)(F)F)[C@H](C(N)=O)C(C)C)c3)c2c1. The number of halogens is 3. The number of nitrogens with two attached hydrogens (primary N) is 1. The van der Waals surface area contributed by atoms with Gasteiger partial charge in [0.1, 0.15) is 24.0 Å². The van der Waals surface area contributed by atoms with E-state index in [4.69, 9.17) is 10.5 Å². The molecule has 3 aromatic heterocycles. The Hall–Kier alpha value is -3.30.